The second-order valence-electron chi connectivity index (χ2n) is 4.30. The monoisotopic (exact) mass is 250 g/mol. The van der Waals surface area contributed by atoms with Crippen LogP contribution < -0.4 is 0 Å². The summed E-state index contributed by atoms with van der Waals surface area (Å²) in [4.78, 5) is 0. The average Bonchev–Trinajstić information content (AvgIpc) is 2.69. The molecular formula is C14H15ClO2. The van der Waals surface area contributed by atoms with Crippen LogP contribution in [-0.4, -0.2) is 11.2 Å². The summed E-state index contributed by atoms with van der Waals surface area (Å²) in [6, 6.07) is 9.58. The summed E-state index contributed by atoms with van der Waals surface area (Å²) in [7, 11) is 0. The number of benzene rings is 1. The Morgan fingerprint density at radius 2 is 2.06 bits per heavy atom. The molecule has 0 spiro atoms. The molecule has 17 heavy (non-hydrogen) atoms. The number of furan rings is 1. The van der Waals surface area contributed by atoms with Crippen LogP contribution in [0.4, 0.5) is 0 Å². The summed E-state index contributed by atoms with van der Waals surface area (Å²) in [5, 5.41) is 9.97. The first-order chi connectivity index (χ1) is 8.06. The second-order valence-corrected chi connectivity index (χ2v) is 4.71. The van der Waals surface area contributed by atoms with E-state index >= 15 is 0 Å². The molecule has 1 N–H and O–H groups in total. The Morgan fingerprint density at radius 1 is 1.29 bits per heavy atom. The van der Waals surface area contributed by atoms with Gasteiger partial charge in [-0.2, -0.15) is 0 Å². The van der Waals surface area contributed by atoms with Crippen molar-refractivity contribution in [1.82, 2.24) is 0 Å². The van der Waals surface area contributed by atoms with E-state index in [2.05, 4.69) is 0 Å². The number of halogens is 1. The maximum absolute atomic E-state index is 9.30. The third kappa shape index (κ3) is 2.90. The van der Waals surface area contributed by atoms with Crippen LogP contribution in [0.5, 0.6) is 0 Å². The van der Waals surface area contributed by atoms with E-state index in [1.54, 1.807) is 6.92 Å². The number of hydrogen-bond donors (Lipinski definition) is 1. The Morgan fingerprint density at radius 3 is 2.76 bits per heavy atom. The van der Waals surface area contributed by atoms with Crippen LogP contribution in [0, 0.1) is 6.92 Å². The molecule has 2 rings (SSSR count). The zero-order chi connectivity index (χ0) is 12.4. The van der Waals surface area contributed by atoms with Gasteiger partial charge in [0.1, 0.15) is 11.5 Å². The smallest absolute Gasteiger partial charge is 0.135 e. The summed E-state index contributed by atoms with van der Waals surface area (Å²) in [5.41, 5.74) is 2.03. The molecule has 2 nitrogen and oxygen atoms in total. The SMILES string of the molecule is Cc1ccc(Cl)c(-c2ccc(CC(C)O)o2)c1. The van der Waals surface area contributed by atoms with E-state index in [1.165, 1.54) is 0 Å². The number of rotatable bonds is 3. The molecule has 1 heterocycles. The van der Waals surface area contributed by atoms with Crippen molar-refractivity contribution < 1.29 is 9.52 Å². The molecule has 1 aromatic heterocycles. The van der Waals surface area contributed by atoms with Gasteiger partial charge < -0.3 is 9.52 Å². The molecule has 0 bridgehead atoms. The Hall–Kier alpha value is -1.25. The van der Waals surface area contributed by atoms with Crippen LogP contribution in [0.15, 0.2) is 34.7 Å². The fraction of sp³-hybridized carbons (Fsp3) is 0.286. The van der Waals surface area contributed by atoms with Crippen LogP contribution in [0.2, 0.25) is 5.02 Å². The lowest BCUT2D eigenvalue weighted by Gasteiger charge is -2.03. The van der Waals surface area contributed by atoms with Gasteiger partial charge in [-0.05, 0) is 38.1 Å². The molecule has 3 heteroatoms. The number of aliphatic hydroxyl groups is 1. The van der Waals surface area contributed by atoms with Gasteiger partial charge in [0.05, 0.1) is 11.1 Å². The van der Waals surface area contributed by atoms with E-state index in [9.17, 15) is 5.11 Å². The Balaban J connectivity index is 2.33. The van der Waals surface area contributed by atoms with Crippen molar-refractivity contribution in [2.45, 2.75) is 26.4 Å². The Kier molecular flexibility index (Phi) is 3.55. The Labute approximate surface area is 106 Å². The lowest BCUT2D eigenvalue weighted by Crippen LogP contribution is -2.02. The predicted octanol–water partition coefficient (Wildman–Crippen LogP) is 3.83. The van der Waals surface area contributed by atoms with E-state index in [0.29, 0.717) is 11.4 Å². The van der Waals surface area contributed by atoms with E-state index in [1.807, 2.05) is 37.3 Å². The number of aryl methyl sites for hydroxylation is 1. The lowest BCUT2D eigenvalue weighted by atomic mass is 10.1. The van der Waals surface area contributed by atoms with Crippen LogP contribution in [0.1, 0.15) is 18.2 Å². The summed E-state index contributed by atoms with van der Waals surface area (Å²) < 4.78 is 5.67. The third-order valence-electron chi connectivity index (χ3n) is 2.55. The maximum atomic E-state index is 9.30. The fourth-order valence-corrected chi connectivity index (χ4v) is 1.96. The third-order valence-corrected chi connectivity index (χ3v) is 2.88. The molecule has 0 amide bonds. The molecule has 0 aliphatic heterocycles. The molecule has 90 valence electrons. The van der Waals surface area contributed by atoms with Crippen LogP contribution >= 0.6 is 11.6 Å². The lowest BCUT2D eigenvalue weighted by molar-refractivity contribution is 0.187. The molecule has 2 aromatic rings. The van der Waals surface area contributed by atoms with Gasteiger partial charge in [-0.3, -0.25) is 0 Å². The molecule has 0 aliphatic rings. The standard InChI is InChI=1S/C14H15ClO2/c1-9-3-5-13(15)12(7-9)14-6-4-11(17-14)8-10(2)16/h3-7,10,16H,8H2,1-2H3. The quantitative estimate of drug-likeness (QED) is 0.898. The topological polar surface area (TPSA) is 33.4 Å². The van der Waals surface area contributed by atoms with E-state index in [0.717, 1.165) is 22.6 Å². The second kappa shape index (κ2) is 4.94. The van der Waals surface area contributed by atoms with Crippen molar-refractivity contribution in [2.75, 3.05) is 0 Å². The van der Waals surface area contributed by atoms with Crippen molar-refractivity contribution in [3.05, 3.63) is 46.7 Å². The molecule has 0 saturated carbocycles. The van der Waals surface area contributed by atoms with Gasteiger partial charge >= 0.3 is 0 Å². The molecule has 1 atom stereocenters. The highest BCUT2D eigenvalue weighted by Crippen LogP contribution is 2.30. The fourth-order valence-electron chi connectivity index (χ4n) is 1.75. The van der Waals surface area contributed by atoms with Gasteiger partial charge in [-0.25, -0.2) is 0 Å². The van der Waals surface area contributed by atoms with Crippen molar-refractivity contribution in [3.63, 3.8) is 0 Å². The van der Waals surface area contributed by atoms with E-state index in [-0.39, 0.29) is 0 Å². The normalized spacial score (nSPS) is 12.7. The number of hydrogen-bond acceptors (Lipinski definition) is 2. The largest absolute Gasteiger partial charge is 0.461 e. The van der Waals surface area contributed by atoms with Crippen molar-refractivity contribution >= 4 is 11.6 Å². The molecule has 1 aromatic carbocycles. The van der Waals surface area contributed by atoms with Gasteiger partial charge in [0.2, 0.25) is 0 Å². The highest BCUT2D eigenvalue weighted by atomic mass is 35.5. The first-order valence-corrected chi connectivity index (χ1v) is 5.97. The van der Waals surface area contributed by atoms with Crippen molar-refractivity contribution in [2.24, 2.45) is 0 Å². The summed E-state index contributed by atoms with van der Waals surface area (Å²) >= 11 is 6.14. The predicted molar refractivity (Wildman–Crippen MR) is 69.3 cm³/mol. The van der Waals surface area contributed by atoms with Gasteiger partial charge in [-0.1, -0.05) is 23.2 Å². The maximum Gasteiger partial charge on any atom is 0.135 e. The van der Waals surface area contributed by atoms with Crippen LogP contribution in [0.25, 0.3) is 11.3 Å². The molecule has 0 fully saturated rings. The summed E-state index contributed by atoms with van der Waals surface area (Å²) in [5.74, 6) is 1.52. The van der Waals surface area contributed by atoms with E-state index in [4.69, 9.17) is 16.0 Å². The van der Waals surface area contributed by atoms with Gasteiger partial charge in [-0.15, -0.1) is 0 Å². The summed E-state index contributed by atoms with van der Waals surface area (Å²) in [6.45, 7) is 3.75. The highest BCUT2D eigenvalue weighted by Gasteiger charge is 2.10. The Bertz CT molecular complexity index is 515. The first-order valence-electron chi connectivity index (χ1n) is 5.59. The van der Waals surface area contributed by atoms with Gasteiger partial charge in [0, 0.05) is 12.0 Å². The van der Waals surface area contributed by atoms with E-state index < -0.39 is 6.10 Å². The van der Waals surface area contributed by atoms with Crippen molar-refractivity contribution in [1.29, 1.82) is 0 Å². The molecule has 0 saturated heterocycles. The highest BCUT2D eigenvalue weighted by molar-refractivity contribution is 6.33. The minimum atomic E-state index is -0.401. The van der Waals surface area contributed by atoms with Crippen LogP contribution in [-0.2, 0) is 6.42 Å². The zero-order valence-electron chi connectivity index (χ0n) is 9.90. The number of aliphatic hydroxyl groups excluding tert-OH is 1. The molecule has 0 aliphatic carbocycles. The minimum absolute atomic E-state index is 0.401. The first kappa shape index (κ1) is 12.2. The van der Waals surface area contributed by atoms with Gasteiger partial charge in [0.25, 0.3) is 0 Å². The van der Waals surface area contributed by atoms with Gasteiger partial charge in [0.15, 0.2) is 0 Å². The molecule has 1 unspecified atom stereocenters. The molecular weight excluding hydrogens is 236 g/mol. The minimum Gasteiger partial charge on any atom is -0.461 e. The van der Waals surface area contributed by atoms with Crippen LogP contribution in [0.3, 0.4) is 0 Å². The van der Waals surface area contributed by atoms with Crippen molar-refractivity contribution in [3.8, 4) is 11.3 Å². The average molecular weight is 251 g/mol. The molecule has 0 radical (unpaired) electrons. The summed E-state index contributed by atoms with van der Waals surface area (Å²) in [6.07, 6.45) is 0.116. The zero-order valence-corrected chi connectivity index (χ0v) is 10.7.